The molecule has 0 saturated heterocycles. The van der Waals surface area contributed by atoms with Gasteiger partial charge in [-0.3, -0.25) is 4.98 Å². The topological polar surface area (TPSA) is 24.9 Å². The Labute approximate surface area is 80.4 Å². The van der Waals surface area contributed by atoms with Gasteiger partial charge in [0.2, 0.25) is 0 Å². The van der Waals surface area contributed by atoms with Crippen LogP contribution in [0, 0.1) is 0 Å². The van der Waals surface area contributed by atoms with Gasteiger partial charge < -0.3 is 5.32 Å². The second kappa shape index (κ2) is 4.38. The van der Waals surface area contributed by atoms with E-state index >= 15 is 0 Å². The Hall–Kier alpha value is -0.890. The van der Waals surface area contributed by atoms with Gasteiger partial charge in [0.15, 0.2) is 0 Å². The van der Waals surface area contributed by atoms with Crippen LogP contribution < -0.4 is 5.32 Å². The number of aromatic nitrogens is 1. The van der Waals surface area contributed by atoms with Gasteiger partial charge in [0, 0.05) is 17.9 Å². The Bertz CT molecular complexity index is 269. The van der Waals surface area contributed by atoms with Crippen molar-refractivity contribution in [1.82, 2.24) is 10.3 Å². The molecule has 0 aromatic carbocycles. The van der Waals surface area contributed by atoms with E-state index in [2.05, 4.69) is 37.1 Å². The van der Waals surface area contributed by atoms with Crippen molar-refractivity contribution in [3.63, 3.8) is 0 Å². The lowest BCUT2D eigenvalue weighted by Gasteiger charge is -2.16. The summed E-state index contributed by atoms with van der Waals surface area (Å²) in [4.78, 5) is 4.41. The number of hydrogen-bond donors (Lipinski definition) is 1. The van der Waals surface area contributed by atoms with E-state index in [1.165, 1.54) is 11.3 Å². The smallest absolute Gasteiger partial charge is 0.0476 e. The van der Waals surface area contributed by atoms with Gasteiger partial charge in [-0.25, -0.2) is 0 Å². The highest BCUT2D eigenvalue weighted by Crippen LogP contribution is 2.21. The average Bonchev–Trinajstić information content (AvgIpc) is 2.16. The van der Waals surface area contributed by atoms with Gasteiger partial charge in [-0.1, -0.05) is 19.9 Å². The van der Waals surface area contributed by atoms with Gasteiger partial charge in [0.05, 0.1) is 0 Å². The highest BCUT2D eigenvalue weighted by Gasteiger charge is 2.11. The lowest BCUT2D eigenvalue weighted by Crippen LogP contribution is -2.15. The first-order chi connectivity index (χ1) is 6.16. The molecule has 0 bridgehead atoms. The van der Waals surface area contributed by atoms with Crippen molar-refractivity contribution in [2.24, 2.45) is 0 Å². The molecule has 0 spiro atoms. The molecule has 0 aliphatic carbocycles. The van der Waals surface area contributed by atoms with Crippen molar-refractivity contribution in [2.45, 2.75) is 32.7 Å². The maximum Gasteiger partial charge on any atom is 0.0476 e. The summed E-state index contributed by atoms with van der Waals surface area (Å²) in [5.74, 6) is 0.493. The van der Waals surface area contributed by atoms with Gasteiger partial charge >= 0.3 is 0 Å². The molecule has 1 heterocycles. The number of nitrogens with one attached hydrogen (secondary N) is 1. The normalized spacial score (nSPS) is 13.3. The molecule has 13 heavy (non-hydrogen) atoms. The van der Waals surface area contributed by atoms with E-state index in [1.54, 1.807) is 0 Å². The van der Waals surface area contributed by atoms with Crippen molar-refractivity contribution in [2.75, 3.05) is 7.05 Å². The van der Waals surface area contributed by atoms with Crippen LogP contribution in [0.5, 0.6) is 0 Å². The van der Waals surface area contributed by atoms with Crippen molar-refractivity contribution in [3.8, 4) is 0 Å². The van der Waals surface area contributed by atoms with Crippen LogP contribution >= 0.6 is 0 Å². The zero-order chi connectivity index (χ0) is 9.84. The molecule has 0 saturated carbocycles. The predicted octanol–water partition coefficient (Wildman–Crippen LogP) is 2.49. The molecule has 2 heteroatoms. The standard InChI is InChI=1S/C11H18N2/c1-8(2)11-10(9(3)12-4)6-5-7-13-11/h5-9,12H,1-4H3/t9-/m1/s1. The Morgan fingerprint density at radius 3 is 2.54 bits per heavy atom. The summed E-state index contributed by atoms with van der Waals surface area (Å²) in [6.07, 6.45) is 1.86. The molecular weight excluding hydrogens is 160 g/mol. The van der Waals surface area contributed by atoms with E-state index < -0.39 is 0 Å². The maximum absolute atomic E-state index is 4.41. The van der Waals surface area contributed by atoms with Gasteiger partial charge in [0.25, 0.3) is 0 Å². The zero-order valence-electron chi connectivity index (χ0n) is 8.83. The van der Waals surface area contributed by atoms with Gasteiger partial charge in [-0.05, 0) is 31.5 Å². The van der Waals surface area contributed by atoms with E-state index in [-0.39, 0.29) is 0 Å². The van der Waals surface area contributed by atoms with Gasteiger partial charge in [-0.2, -0.15) is 0 Å². The number of rotatable bonds is 3. The summed E-state index contributed by atoms with van der Waals surface area (Å²) in [5, 5.41) is 3.24. The quantitative estimate of drug-likeness (QED) is 0.769. The van der Waals surface area contributed by atoms with Crippen molar-refractivity contribution >= 4 is 0 Å². The Morgan fingerprint density at radius 2 is 2.00 bits per heavy atom. The first-order valence-corrected chi connectivity index (χ1v) is 4.79. The molecule has 1 aromatic heterocycles. The summed E-state index contributed by atoms with van der Waals surface area (Å²) in [6, 6.07) is 4.52. The minimum atomic E-state index is 0.381. The summed E-state index contributed by atoms with van der Waals surface area (Å²) in [5.41, 5.74) is 2.50. The molecule has 0 fully saturated rings. The van der Waals surface area contributed by atoms with E-state index in [1.807, 2.05) is 19.3 Å². The van der Waals surface area contributed by atoms with Crippen LogP contribution in [0.2, 0.25) is 0 Å². The lowest BCUT2D eigenvalue weighted by molar-refractivity contribution is 0.630. The van der Waals surface area contributed by atoms with Crippen LogP contribution in [-0.2, 0) is 0 Å². The van der Waals surface area contributed by atoms with E-state index in [0.717, 1.165) is 0 Å². The van der Waals surface area contributed by atoms with Crippen LogP contribution in [0.1, 0.15) is 44.0 Å². The Balaban J connectivity index is 3.04. The number of pyridine rings is 1. The van der Waals surface area contributed by atoms with E-state index in [9.17, 15) is 0 Å². The number of hydrogen-bond acceptors (Lipinski definition) is 2. The first-order valence-electron chi connectivity index (χ1n) is 4.79. The van der Waals surface area contributed by atoms with Crippen molar-refractivity contribution < 1.29 is 0 Å². The Kier molecular flexibility index (Phi) is 3.43. The van der Waals surface area contributed by atoms with Crippen LogP contribution in [-0.4, -0.2) is 12.0 Å². The summed E-state index contributed by atoms with van der Waals surface area (Å²) in [7, 11) is 1.97. The molecule has 1 rings (SSSR count). The summed E-state index contributed by atoms with van der Waals surface area (Å²) >= 11 is 0. The summed E-state index contributed by atoms with van der Waals surface area (Å²) < 4.78 is 0. The highest BCUT2D eigenvalue weighted by molar-refractivity contribution is 5.25. The van der Waals surface area contributed by atoms with Gasteiger partial charge in [0.1, 0.15) is 0 Å². The molecule has 0 aliphatic rings. The first kappa shape index (κ1) is 10.2. The van der Waals surface area contributed by atoms with E-state index in [0.29, 0.717) is 12.0 Å². The van der Waals surface area contributed by atoms with Gasteiger partial charge in [-0.15, -0.1) is 0 Å². The molecule has 0 aliphatic heterocycles. The van der Waals surface area contributed by atoms with Crippen LogP contribution in [0.15, 0.2) is 18.3 Å². The van der Waals surface area contributed by atoms with Crippen molar-refractivity contribution in [1.29, 1.82) is 0 Å². The third-order valence-electron chi connectivity index (χ3n) is 2.32. The fourth-order valence-corrected chi connectivity index (χ4v) is 1.43. The van der Waals surface area contributed by atoms with Crippen LogP contribution in [0.4, 0.5) is 0 Å². The molecule has 2 nitrogen and oxygen atoms in total. The minimum absolute atomic E-state index is 0.381. The molecular formula is C11H18N2. The Morgan fingerprint density at radius 1 is 1.31 bits per heavy atom. The number of nitrogens with zero attached hydrogens (tertiary/aromatic N) is 1. The average molecular weight is 178 g/mol. The monoisotopic (exact) mass is 178 g/mol. The molecule has 1 aromatic rings. The highest BCUT2D eigenvalue weighted by atomic mass is 14.9. The largest absolute Gasteiger partial charge is 0.313 e. The molecule has 1 N–H and O–H groups in total. The fourth-order valence-electron chi connectivity index (χ4n) is 1.43. The minimum Gasteiger partial charge on any atom is -0.313 e. The molecule has 72 valence electrons. The molecule has 0 unspecified atom stereocenters. The second-order valence-electron chi connectivity index (χ2n) is 3.64. The van der Waals surface area contributed by atoms with Crippen LogP contribution in [0.3, 0.4) is 0 Å². The maximum atomic E-state index is 4.41. The molecule has 0 amide bonds. The third kappa shape index (κ3) is 2.28. The third-order valence-corrected chi connectivity index (χ3v) is 2.32. The van der Waals surface area contributed by atoms with Crippen molar-refractivity contribution in [3.05, 3.63) is 29.6 Å². The van der Waals surface area contributed by atoms with E-state index in [4.69, 9.17) is 0 Å². The molecule has 0 radical (unpaired) electrons. The second-order valence-corrected chi connectivity index (χ2v) is 3.64. The molecule has 1 atom stereocenters. The zero-order valence-corrected chi connectivity index (χ0v) is 8.83. The predicted molar refractivity (Wildman–Crippen MR) is 55.8 cm³/mol. The van der Waals surface area contributed by atoms with Crippen LogP contribution in [0.25, 0.3) is 0 Å². The lowest BCUT2D eigenvalue weighted by atomic mass is 9.99. The summed E-state index contributed by atoms with van der Waals surface area (Å²) in [6.45, 7) is 6.51. The fraction of sp³-hybridized carbons (Fsp3) is 0.545. The SMILES string of the molecule is CN[C@H](C)c1cccnc1C(C)C.